The number of carbonyl (C=O) groups is 1. The molecule has 2 rings (SSSR count). The lowest BCUT2D eigenvalue weighted by atomic mass is 9.97. The maximum absolute atomic E-state index is 12.0. The van der Waals surface area contributed by atoms with Crippen LogP contribution in [0, 0.1) is 13.8 Å². The summed E-state index contributed by atoms with van der Waals surface area (Å²) in [5, 5.41) is 15.6. The zero-order chi connectivity index (χ0) is 12.5. The summed E-state index contributed by atoms with van der Waals surface area (Å²) in [5.41, 5.74) is 1.92. The van der Waals surface area contributed by atoms with E-state index in [-0.39, 0.29) is 5.91 Å². The van der Waals surface area contributed by atoms with Gasteiger partial charge in [0.25, 0.3) is 5.91 Å². The van der Waals surface area contributed by atoms with Crippen LogP contribution < -0.4 is 10.6 Å². The van der Waals surface area contributed by atoms with Crippen LogP contribution >= 0.6 is 0 Å². The number of nitrogens with one attached hydrogen (secondary N) is 2. The smallest absolute Gasteiger partial charge is 0.251 e. The maximum atomic E-state index is 12.0. The molecule has 0 saturated carbocycles. The molecule has 4 nitrogen and oxygen atoms in total. The van der Waals surface area contributed by atoms with Crippen LogP contribution in [0.25, 0.3) is 0 Å². The highest BCUT2D eigenvalue weighted by molar-refractivity contribution is 5.95. The highest BCUT2D eigenvalue weighted by Gasteiger charge is 2.34. The molecule has 0 atom stereocenters. The summed E-state index contributed by atoms with van der Waals surface area (Å²) < 4.78 is 0. The number of amides is 1. The van der Waals surface area contributed by atoms with Gasteiger partial charge >= 0.3 is 0 Å². The standard InChI is InChI=1S/C13H18N2O2/c1-9-3-4-10(2)11(5-9)12(16)15-8-13(17)6-14-7-13/h3-5,14,17H,6-8H2,1-2H3,(H,15,16). The minimum Gasteiger partial charge on any atom is -0.385 e. The van der Waals surface area contributed by atoms with Gasteiger partial charge in [-0.3, -0.25) is 4.79 Å². The van der Waals surface area contributed by atoms with Gasteiger partial charge in [-0.05, 0) is 25.5 Å². The maximum Gasteiger partial charge on any atom is 0.251 e. The van der Waals surface area contributed by atoms with Crippen molar-refractivity contribution in [3.05, 3.63) is 34.9 Å². The summed E-state index contributed by atoms with van der Waals surface area (Å²) in [6.07, 6.45) is 0. The number of aliphatic hydroxyl groups is 1. The van der Waals surface area contributed by atoms with E-state index in [9.17, 15) is 9.90 Å². The molecule has 1 aromatic carbocycles. The van der Waals surface area contributed by atoms with Gasteiger partial charge in [0.05, 0.1) is 0 Å². The van der Waals surface area contributed by atoms with E-state index in [1.165, 1.54) is 0 Å². The van der Waals surface area contributed by atoms with Crippen molar-refractivity contribution in [2.45, 2.75) is 19.4 Å². The van der Waals surface area contributed by atoms with E-state index >= 15 is 0 Å². The Kier molecular flexibility index (Phi) is 3.17. The molecule has 92 valence electrons. The molecule has 1 aliphatic rings. The summed E-state index contributed by atoms with van der Waals surface area (Å²) in [6, 6.07) is 5.78. The van der Waals surface area contributed by atoms with Gasteiger partial charge in [0, 0.05) is 25.2 Å². The summed E-state index contributed by atoms with van der Waals surface area (Å²) in [6.45, 7) is 5.25. The molecule has 0 aliphatic carbocycles. The molecule has 17 heavy (non-hydrogen) atoms. The van der Waals surface area contributed by atoms with E-state index in [1.54, 1.807) is 0 Å². The van der Waals surface area contributed by atoms with Crippen LogP contribution in [0.4, 0.5) is 0 Å². The van der Waals surface area contributed by atoms with Gasteiger partial charge in [-0.15, -0.1) is 0 Å². The fraction of sp³-hybridized carbons (Fsp3) is 0.462. The van der Waals surface area contributed by atoms with Gasteiger partial charge in [0.2, 0.25) is 0 Å². The van der Waals surface area contributed by atoms with E-state index in [2.05, 4.69) is 10.6 Å². The van der Waals surface area contributed by atoms with Gasteiger partial charge in [0.1, 0.15) is 5.60 Å². The zero-order valence-electron chi connectivity index (χ0n) is 10.2. The average Bonchev–Trinajstić information content (AvgIpc) is 2.26. The van der Waals surface area contributed by atoms with Crippen molar-refractivity contribution in [3.8, 4) is 0 Å². The Labute approximate surface area is 101 Å². The molecule has 1 aromatic rings. The molecule has 0 spiro atoms. The first-order valence-corrected chi connectivity index (χ1v) is 5.79. The second-order valence-electron chi connectivity index (χ2n) is 4.83. The molecule has 0 aromatic heterocycles. The molecule has 3 N–H and O–H groups in total. The molecule has 1 heterocycles. The monoisotopic (exact) mass is 234 g/mol. The van der Waals surface area contributed by atoms with Crippen LogP contribution in [0.3, 0.4) is 0 Å². The fourth-order valence-corrected chi connectivity index (χ4v) is 1.86. The zero-order valence-corrected chi connectivity index (χ0v) is 10.2. The Morgan fingerprint density at radius 2 is 2.18 bits per heavy atom. The molecule has 1 saturated heterocycles. The first kappa shape index (κ1) is 12.1. The molecule has 1 amide bonds. The highest BCUT2D eigenvalue weighted by Crippen LogP contribution is 2.12. The minimum atomic E-state index is -0.770. The van der Waals surface area contributed by atoms with Crippen LogP contribution in [0.15, 0.2) is 18.2 Å². The van der Waals surface area contributed by atoms with E-state index < -0.39 is 5.60 Å². The molecule has 4 heteroatoms. The predicted molar refractivity (Wildman–Crippen MR) is 66.1 cm³/mol. The Hall–Kier alpha value is -1.39. The highest BCUT2D eigenvalue weighted by atomic mass is 16.3. The van der Waals surface area contributed by atoms with E-state index in [4.69, 9.17) is 0 Å². The van der Waals surface area contributed by atoms with E-state index in [1.807, 2.05) is 32.0 Å². The lowest BCUT2D eigenvalue weighted by molar-refractivity contribution is -0.00760. The summed E-state index contributed by atoms with van der Waals surface area (Å²) >= 11 is 0. The number of benzene rings is 1. The molecule has 1 fully saturated rings. The Bertz CT molecular complexity index is 439. The number of rotatable bonds is 3. The van der Waals surface area contributed by atoms with Gasteiger partial charge in [-0.1, -0.05) is 17.7 Å². The lowest BCUT2D eigenvalue weighted by Crippen LogP contribution is -2.64. The van der Waals surface area contributed by atoms with Crippen LogP contribution in [-0.4, -0.2) is 36.2 Å². The summed E-state index contributed by atoms with van der Waals surface area (Å²) in [5.74, 6) is -0.119. The molecular weight excluding hydrogens is 216 g/mol. The van der Waals surface area contributed by atoms with Gasteiger partial charge in [0.15, 0.2) is 0 Å². The third-order valence-electron chi connectivity index (χ3n) is 3.12. The van der Waals surface area contributed by atoms with Crippen LogP contribution in [0.1, 0.15) is 21.5 Å². The van der Waals surface area contributed by atoms with E-state index in [0.29, 0.717) is 25.2 Å². The SMILES string of the molecule is Cc1ccc(C)c(C(=O)NCC2(O)CNC2)c1. The molecule has 0 bridgehead atoms. The normalized spacial score (nSPS) is 17.4. The van der Waals surface area contributed by atoms with Gasteiger partial charge < -0.3 is 15.7 Å². The quantitative estimate of drug-likeness (QED) is 0.708. The minimum absolute atomic E-state index is 0.119. The van der Waals surface area contributed by atoms with Crippen molar-refractivity contribution in [2.75, 3.05) is 19.6 Å². The summed E-state index contributed by atoms with van der Waals surface area (Å²) in [7, 11) is 0. The molecule has 0 unspecified atom stereocenters. The molecule has 0 radical (unpaired) electrons. The summed E-state index contributed by atoms with van der Waals surface area (Å²) in [4.78, 5) is 12.0. The lowest BCUT2D eigenvalue weighted by Gasteiger charge is -2.37. The van der Waals surface area contributed by atoms with Crippen molar-refractivity contribution < 1.29 is 9.90 Å². The third-order valence-corrected chi connectivity index (χ3v) is 3.12. The number of carbonyl (C=O) groups excluding carboxylic acids is 1. The third kappa shape index (κ3) is 2.65. The largest absolute Gasteiger partial charge is 0.385 e. The second kappa shape index (κ2) is 4.47. The second-order valence-corrected chi connectivity index (χ2v) is 4.83. The molecule has 1 aliphatic heterocycles. The van der Waals surface area contributed by atoms with Crippen molar-refractivity contribution in [3.63, 3.8) is 0 Å². The number of hydrogen-bond acceptors (Lipinski definition) is 3. The van der Waals surface area contributed by atoms with Crippen LogP contribution in [-0.2, 0) is 0 Å². The Morgan fingerprint density at radius 3 is 2.76 bits per heavy atom. The Morgan fingerprint density at radius 1 is 1.47 bits per heavy atom. The molecular formula is C13H18N2O2. The Balaban J connectivity index is 2.01. The number of aryl methyl sites for hydroxylation is 2. The van der Waals surface area contributed by atoms with Crippen LogP contribution in [0.2, 0.25) is 0 Å². The van der Waals surface area contributed by atoms with Crippen LogP contribution in [0.5, 0.6) is 0 Å². The first-order chi connectivity index (χ1) is 8.00. The fourth-order valence-electron chi connectivity index (χ4n) is 1.86. The van der Waals surface area contributed by atoms with Gasteiger partial charge in [-0.25, -0.2) is 0 Å². The van der Waals surface area contributed by atoms with Crippen molar-refractivity contribution in [1.29, 1.82) is 0 Å². The number of β-amino-alcohol motifs (C(OH)–C–C–N with tert-alkyl or cyclic N) is 1. The van der Waals surface area contributed by atoms with Crippen molar-refractivity contribution in [2.24, 2.45) is 0 Å². The predicted octanol–water partition coefficient (Wildman–Crippen LogP) is 0.368. The van der Waals surface area contributed by atoms with Crippen molar-refractivity contribution >= 4 is 5.91 Å². The first-order valence-electron chi connectivity index (χ1n) is 5.79. The average molecular weight is 234 g/mol. The van der Waals surface area contributed by atoms with Gasteiger partial charge in [-0.2, -0.15) is 0 Å². The topological polar surface area (TPSA) is 61.4 Å². The van der Waals surface area contributed by atoms with E-state index in [0.717, 1.165) is 11.1 Å². The van der Waals surface area contributed by atoms with Crippen molar-refractivity contribution in [1.82, 2.24) is 10.6 Å². The number of hydrogen-bond donors (Lipinski definition) is 3.